The van der Waals surface area contributed by atoms with Crippen LogP contribution < -0.4 is 0 Å². The van der Waals surface area contributed by atoms with Crippen molar-refractivity contribution in [2.45, 2.75) is 55.0 Å². The Morgan fingerprint density at radius 3 is 2.81 bits per heavy atom. The molecule has 0 saturated carbocycles. The third-order valence-electron chi connectivity index (χ3n) is 5.21. The fourth-order valence-electron chi connectivity index (χ4n) is 3.52. The molecule has 168 valence electrons. The number of sulfone groups is 1. The van der Waals surface area contributed by atoms with Crippen LogP contribution in [0.15, 0.2) is 29.3 Å². The Morgan fingerprint density at radius 2 is 2.16 bits per heavy atom. The summed E-state index contributed by atoms with van der Waals surface area (Å²) in [4.78, 5) is 3.38. The van der Waals surface area contributed by atoms with Crippen LogP contribution in [0.1, 0.15) is 43.0 Å². The maximum absolute atomic E-state index is 13.3. The van der Waals surface area contributed by atoms with Crippen LogP contribution in [-0.4, -0.2) is 41.6 Å². The molecule has 0 aliphatic carbocycles. The number of nitriles is 1. The smallest absolute Gasteiger partial charge is 0.372 e. The van der Waals surface area contributed by atoms with Gasteiger partial charge in [0.2, 0.25) is 9.84 Å². The average Bonchev–Trinajstić information content (AvgIpc) is 3.10. The molecule has 1 fully saturated rings. The van der Waals surface area contributed by atoms with Crippen LogP contribution >= 0.6 is 0 Å². The number of methoxy groups -OCH3 is 1. The van der Waals surface area contributed by atoms with E-state index in [0.717, 1.165) is 18.2 Å². The number of rotatable bonds is 6. The van der Waals surface area contributed by atoms with Crippen LogP contribution in [0.5, 0.6) is 0 Å². The molecule has 31 heavy (non-hydrogen) atoms. The maximum Gasteiger partial charge on any atom is 0.433 e. The third-order valence-corrected chi connectivity index (χ3v) is 7.65. The van der Waals surface area contributed by atoms with Gasteiger partial charge >= 0.3 is 6.18 Å². The molecule has 1 aliphatic rings. The van der Waals surface area contributed by atoms with Crippen molar-refractivity contribution in [1.82, 2.24) is 14.8 Å². The van der Waals surface area contributed by atoms with E-state index in [2.05, 4.69) is 10.1 Å². The zero-order valence-corrected chi connectivity index (χ0v) is 17.7. The van der Waals surface area contributed by atoms with Crippen molar-refractivity contribution in [1.29, 1.82) is 5.26 Å². The van der Waals surface area contributed by atoms with Gasteiger partial charge in [0, 0.05) is 13.7 Å². The lowest BCUT2D eigenvalue weighted by atomic mass is 9.94. The Kier molecular flexibility index (Phi) is 6.40. The lowest BCUT2D eigenvalue weighted by Gasteiger charge is -2.37. The van der Waals surface area contributed by atoms with Crippen LogP contribution in [0.2, 0.25) is 0 Å². The molecular formula is C19H21F3N4O4S. The monoisotopic (exact) mass is 458 g/mol. The first-order valence-corrected chi connectivity index (χ1v) is 10.8. The number of ether oxygens (including phenoxy) is 2. The first-order valence-electron chi connectivity index (χ1n) is 9.35. The standard InChI is InChI=1S/C19H21F3N4O4S/c1-18(31(27,28)17-5-3-4-16(24-17)19(20,21)22)7-9-30-15(11-18)14-10-13(6-8-23)25-26(14)12-29-2/h3-5,10,15H,6-7,9,11-12H2,1-2H3. The summed E-state index contributed by atoms with van der Waals surface area (Å²) in [7, 11) is -2.75. The van der Waals surface area contributed by atoms with Gasteiger partial charge < -0.3 is 9.47 Å². The van der Waals surface area contributed by atoms with Crippen LogP contribution in [0.3, 0.4) is 0 Å². The van der Waals surface area contributed by atoms with Gasteiger partial charge in [0.1, 0.15) is 18.5 Å². The highest BCUT2D eigenvalue weighted by Crippen LogP contribution is 2.42. The number of hydrogen-bond donors (Lipinski definition) is 0. The van der Waals surface area contributed by atoms with E-state index in [0.29, 0.717) is 11.4 Å². The second-order valence-corrected chi connectivity index (χ2v) is 9.85. The quantitative estimate of drug-likeness (QED) is 0.655. The van der Waals surface area contributed by atoms with Gasteiger partial charge in [-0.3, -0.25) is 0 Å². The van der Waals surface area contributed by atoms with Gasteiger partial charge in [-0.2, -0.15) is 23.5 Å². The molecule has 12 heteroatoms. The summed E-state index contributed by atoms with van der Waals surface area (Å²) in [5, 5.41) is 12.6. The minimum Gasteiger partial charge on any atom is -0.372 e. The van der Waals surface area contributed by atoms with E-state index in [9.17, 15) is 21.6 Å². The SMILES string of the molecule is COCn1nc(CC#N)cc1C1CC(C)(S(=O)(=O)c2cccc(C(F)(F)F)n2)CCO1. The molecule has 0 radical (unpaired) electrons. The molecule has 2 unspecified atom stereocenters. The van der Waals surface area contributed by atoms with Crippen LogP contribution in [0.4, 0.5) is 13.2 Å². The van der Waals surface area contributed by atoms with E-state index in [-0.39, 0.29) is 32.6 Å². The van der Waals surface area contributed by atoms with Gasteiger partial charge in [-0.15, -0.1) is 0 Å². The number of alkyl halides is 3. The molecule has 2 aromatic heterocycles. The number of halogens is 3. The molecule has 0 N–H and O–H groups in total. The third kappa shape index (κ3) is 4.58. The van der Waals surface area contributed by atoms with Crippen molar-refractivity contribution in [2.24, 2.45) is 0 Å². The van der Waals surface area contributed by atoms with E-state index in [1.807, 2.05) is 6.07 Å². The average molecular weight is 458 g/mol. The molecule has 1 saturated heterocycles. The molecule has 1 aliphatic heterocycles. The Bertz CT molecular complexity index is 1090. The van der Waals surface area contributed by atoms with E-state index >= 15 is 0 Å². The number of hydrogen-bond acceptors (Lipinski definition) is 7. The molecule has 2 atom stereocenters. The van der Waals surface area contributed by atoms with Gasteiger partial charge in [0.25, 0.3) is 0 Å². The fraction of sp³-hybridized carbons (Fsp3) is 0.526. The second kappa shape index (κ2) is 8.57. The van der Waals surface area contributed by atoms with E-state index in [4.69, 9.17) is 14.7 Å². The number of aromatic nitrogens is 3. The topological polar surface area (TPSA) is 107 Å². The predicted molar refractivity (Wildman–Crippen MR) is 101 cm³/mol. The number of pyridine rings is 1. The van der Waals surface area contributed by atoms with E-state index in [1.165, 1.54) is 18.7 Å². The van der Waals surface area contributed by atoms with Gasteiger partial charge in [0.05, 0.1) is 28.6 Å². The minimum atomic E-state index is -4.76. The van der Waals surface area contributed by atoms with Gasteiger partial charge in [-0.05, 0) is 38.0 Å². The molecule has 3 rings (SSSR count). The summed E-state index contributed by atoms with van der Waals surface area (Å²) in [5.41, 5.74) is -0.252. The molecule has 0 aromatic carbocycles. The summed E-state index contributed by atoms with van der Waals surface area (Å²) in [6.07, 6.45) is -5.33. The highest BCUT2D eigenvalue weighted by molar-refractivity contribution is 7.92. The Hall–Kier alpha value is -2.49. The largest absolute Gasteiger partial charge is 0.433 e. The molecule has 0 spiro atoms. The maximum atomic E-state index is 13.3. The van der Waals surface area contributed by atoms with Crippen molar-refractivity contribution < 1.29 is 31.1 Å². The van der Waals surface area contributed by atoms with Crippen molar-refractivity contribution in [3.63, 3.8) is 0 Å². The summed E-state index contributed by atoms with van der Waals surface area (Å²) in [6.45, 7) is 1.62. The Balaban J connectivity index is 1.96. The van der Waals surface area contributed by atoms with E-state index in [1.54, 1.807) is 6.07 Å². The summed E-state index contributed by atoms with van der Waals surface area (Å²) >= 11 is 0. The minimum absolute atomic E-state index is 0.0192. The van der Waals surface area contributed by atoms with Gasteiger partial charge in [-0.1, -0.05) is 6.07 Å². The van der Waals surface area contributed by atoms with Crippen LogP contribution in [0, 0.1) is 11.3 Å². The van der Waals surface area contributed by atoms with Crippen molar-refractivity contribution in [2.75, 3.05) is 13.7 Å². The first kappa shape index (κ1) is 23.2. The first-order chi connectivity index (χ1) is 14.5. The highest BCUT2D eigenvalue weighted by Gasteiger charge is 2.47. The molecule has 0 bridgehead atoms. The van der Waals surface area contributed by atoms with Crippen molar-refractivity contribution >= 4 is 9.84 Å². The fourth-order valence-corrected chi connectivity index (χ4v) is 5.22. The molecular weight excluding hydrogens is 437 g/mol. The zero-order chi connectivity index (χ0) is 22.9. The van der Waals surface area contributed by atoms with Crippen molar-refractivity contribution in [3.8, 4) is 6.07 Å². The highest BCUT2D eigenvalue weighted by atomic mass is 32.2. The Morgan fingerprint density at radius 1 is 1.42 bits per heavy atom. The summed E-state index contributed by atoms with van der Waals surface area (Å²) < 4.78 is 76.7. The summed E-state index contributed by atoms with van der Waals surface area (Å²) in [5.74, 6) is 0. The van der Waals surface area contributed by atoms with Crippen LogP contribution in [0.25, 0.3) is 0 Å². The summed E-state index contributed by atoms with van der Waals surface area (Å²) in [6, 6.07) is 6.47. The normalized spacial score (nSPS) is 22.3. The second-order valence-electron chi connectivity index (χ2n) is 7.44. The van der Waals surface area contributed by atoms with Crippen molar-refractivity contribution in [3.05, 3.63) is 41.3 Å². The van der Waals surface area contributed by atoms with Gasteiger partial charge in [0.15, 0.2) is 5.03 Å². The molecule has 3 heterocycles. The van der Waals surface area contributed by atoms with E-state index < -0.39 is 37.6 Å². The van der Waals surface area contributed by atoms with Crippen LogP contribution in [-0.2, 0) is 38.6 Å². The molecule has 0 amide bonds. The number of nitrogens with zero attached hydrogens (tertiary/aromatic N) is 4. The Labute approximate surface area is 177 Å². The molecule has 8 nitrogen and oxygen atoms in total. The van der Waals surface area contributed by atoms with Gasteiger partial charge in [-0.25, -0.2) is 18.1 Å². The zero-order valence-electron chi connectivity index (χ0n) is 16.9. The lowest BCUT2D eigenvalue weighted by molar-refractivity contribution is -0.141. The predicted octanol–water partition coefficient (Wildman–Crippen LogP) is 3.05. The lowest BCUT2D eigenvalue weighted by Crippen LogP contribution is -2.43. The molecule has 2 aromatic rings.